The van der Waals surface area contributed by atoms with Crippen molar-refractivity contribution in [2.24, 2.45) is 4.99 Å². The second kappa shape index (κ2) is 6.72. The van der Waals surface area contributed by atoms with Crippen LogP contribution in [0.1, 0.15) is 11.1 Å². The van der Waals surface area contributed by atoms with Gasteiger partial charge in [0.05, 0.1) is 11.9 Å². The van der Waals surface area contributed by atoms with E-state index in [2.05, 4.69) is 27.2 Å². The molecule has 0 saturated heterocycles. The SMILES string of the molecule is Cc1cc(-c2ncccc2C2=C[N+]3(c4ccncc4)C=CN=C3C=C2)ccc1F. The molecule has 0 fully saturated rings. The van der Waals surface area contributed by atoms with Crippen LogP contribution in [0.4, 0.5) is 10.1 Å². The Balaban J connectivity index is 1.68. The molecule has 1 atom stereocenters. The summed E-state index contributed by atoms with van der Waals surface area (Å²) in [5, 5.41) is 0. The lowest BCUT2D eigenvalue weighted by atomic mass is 9.96. The van der Waals surface area contributed by atoms with Crippen molar-refractivity contribution in [2.45, 2.75) is 6.92 Å². The Kier molecular flexibility index (Phi) is 4.03. The molecular weight excluding hydrogens is 363 g/mol. The number of nitrogens with zero attached hydrogens (tertiary/aromatic N) is 4. The van der Waals surface area contributed by atoms with Crippen molar-refractivity contribution in [2.75, 3.05) is 0 Å². The summed E-state index contributed by atoms with van der Waals surface area (Å²) >= 11 is 0. The molecule has 29 heavy (non-hydrogen) atoms. The zero-order valence-electron chi connectivity index (χ0n) is 15.8. The van der Waals surface area contributed by atoms with Crippen LogP contribution in [0.25, 0.3) is 16.8 Å². The van der Waals surface area contributed by atoms with Crippen molar-refractivity contribution < 1.29 is 4.39 Å². The summed E-state index contributed by atoms with van der Waals surface area (Å²) in [4.78, 5) is 13.3. The van der Waals surface area contributed by atoms with Crippen molar-refractivity contribution in [3.8, 4) is 11.3 Å². The van der Waals surface area contributed by atoms with Gasteiger partial charge in [0.1, 0.15) is 18.2 Å². The van der Waals surface area contributed by atoms with Crippen LogP contribution in [0, 0.1) is 12.7 Å². The van der Waals surface area contributed by atoms with E-state index in [0.717, 1.165) is 33.9 Å². The zero-order chi connectivity index (χ0) is 19.8. The number of aryl methyl sites for hydroxylation is 1. The van der Waals surface area contributed by atoms with E-state index in [9.17, 15) is 4.39 Å². The number of quaternary nitrogens is 1. The molecule has 0 spiro atoms. The summed E-state index contributed by atoms with van der Waals surface area (Å²) in [6, 6.07) is 13.1. The number of fused-ring (bicyclic) bond motifs is 1. The highest BCUT2D eigenvalue weighted by Crippen LogP contribution is 2.37. The van der Waals surface area contributed by atoms with E-state index in [0.29, 0.717) is 10.0 Å². The smallest absolute Gasteiger partial charge is 0.242 e. The molecule has 0 aliphatic carbocycles. The minimum Gasteiger partial charge on any atom is -0.264 e. The van der Waals surface area contributed by atoms with Gasteiger partial charge in [-0.15, -0.1) is 0 Å². The van der Waals surface area contributed by atoms with E-state index in [1.54, 1.807) is 31.6 Å². The maximum Gasteiger partial charge on any atom is 0.242 e. The first-order valence-corrected chi connectivity index (χ1v) is 9.35. The number of aliphatic imine (C=N–C) groups is 1. The molecule has 4 nitrogen and oxygen atoms in total. The number of hydrogen-bond donors (Lipinski definition) is 0. The predicted octanol–water partition coefficient (Wildman–Crippen LogP) is 5.39. The van der Waals surface area contributed by atoms with E-state index in [4.69, 9.17) is 0 Å². The Bertz CT molecular complexity index is 1220. The van der Waals surface area contributed by atoms with Crippen LogP contribution in [0.2, 0.25) is 0 Å². The van der Waals surface area contributed by atoms with Crippen molar-refractivity contribution in [3.63, 3.8) is 0 Å². The Morgan fingerprint density at radius 3 is 2.66 bits per heavy atom. The third-order valence-corrected chi connectivity index (χ3v) is 5.28. The molecule has 140 valence electrons. The number of rotatable bonds is 3. The van der Waals surface area contributed by atoms with Gasteiger partial charge < -0.3 is 0 Å². The minimum absolute atomic E-state index is 0.215. The molecule has 0 N–H and O–H groups in total. The lowest BCUT2D eigenvalue weighted by Gasteiger charge is -2.29. The predicted molar refractivity (Wildman–Crippen MR) is 114 cm³/mol. The van der Waals surface area contributed by atoms with Crippen LogP contribution in [-0.2, 0) is 0 Å². The summed E-state index contributed by atoms with van der Waals surface area (Å²) in [5.41, 5.74) is 5.38. The molecule has 1 aromatic carbocycles. The number of pyridine rings is 2. The quantitative estimate of drug-likeness (QED) is 0.570. The minimum atomic E-state index is -0.215. The molecule has 2 aliphatic heterocycles. The van der Waals surface area contributed by atoms with Crippen LogP contribution >= 0.6 is 0 Å². The number of halogens is 1. The second-order valence-electron chi connectivity index (χ2n) is 7.05. The summed E-state index contributed by atoms with van der Waals surface area (Å²) in [5.74, 6) is 0.705. The van der Waals surface area contributed by atoms with Gasteiger partial charge in [-0.25, -0.2) is 4.39 Å². The van der Waals surface area contributed by atoms with Gasteiger partial charge in [0.25, 0.3) is 0 Å². The molecule has 3 aromatic rings. The Morgan fingerprint density at radius 2 is 1.83 bits per heavy atom. The Morgan fingerprint density at radius 1 is 0.966 bits per heavy atom. The number of aromatic nitrogens is 2. The first-order chi connectivity index (χ1) is 14.2. The zero-order valence-corrected chi connectivity index (χ0v) is 15.8. The second-order valence-corrected chi connectivity index (χ2v) is 7.05. The standard InChI is InChI=1S/C24H18FN4/c1-17-15-18(4-6-22(17)25)24-21(3-2-10-28-24)19-5-7-23-27-13-14-29(23,16-19)20-8-11-26-12-9-20/h2-16H,1H3/q+1. The number of benzene rings is 1. The molecule has 0 amide bonds. The van der Waals surface area contributed by atoms with Crippen molar-refractivity contribution >= 4 is 17.1 Å². The Labute approximate surface area is 168 Å². The summed E-state index contributed by atoms with van der Waals surface area (Å²) in [7, 11) is 0. The first kappa shape index (κ1) is 17.4. The normalized spacial score (nSPS) is 19.7. The van der Waals surface area contributed by atoms with Crippen LogP contribution in [0.15, 0.2) is 96.8 Å². The van der Waals surface area contributed by atoms with Gasteiger partial charge in [-0.05, 0) is 42.8 Å². The third-order valence-electron chi connectivity index (χ3n) is 5.28. The van der Waals surface area contributed by atoms with Gasteiger partial charge in [-0.2, -0.15) is 9.48 Å². The van der Waals surface area contributed by atoms with Gasteiger partial charge >= 0.3 is 0 Å². The third kappa shape index (κ3) is 2.83. The highest BCUT2D eigenvalue weighted by molar-refractivity contribution is 6.10. The fraction of sp³-hybridized carbons (Fsp3) is 0.0417. The highest BCUT2D eigenvalue weighted by atomic mass is 19.1. The Hall–Kier alpha value is -3.70. The van der Waals surface area contributed by atoms with Crippen LogP contribution in [0.3, 0.4) is 0 Å². The molecule has 0 bridgehead atoms. The summed E-state index contributed by atoms with van der Waals surface area (Å²) in [6.45, 7) is 1.77. The van der Waals surface area contributed by atoms with Crippen molar-refractivity contribution in [3.05, 3.63) is 109 Å². The molecule has 0 saturated carbocycles. The molecule has 5 rings (SSSR count). The van der Waals surface area contributed by atoms with Gasteiger partial charge in [0.15, 0.2) is 5.69 Å². The fourth-order valence-electron chi connectivity index (χ4n) is 3.79. The van der Waals surface area contributed by atoms with Gasteiger partial charge in [-0.3, -0.25) is 9.97 Å². The van der Waals surface area contributed by atoms with Crippen LogP contribution in [0.5, 0.6) is 0 Å². The van der Waals surface area contributed by atoms with E-state index in [1.807, 2.05) is 48.8 Å². The average Bonchev–Trinajstić information content (AvgIpc) is 3.21. The molecule has 5 heteroatoms. The van der Waals surface area contributed by atoms with Gasteiger partial charge in [0.2, 0.25) is 5.84 Å². The van der Waals surface area contributed by atoms with Crippen molar-refractivity contribution in [1.82, 2.24) is 14.5 Å². The molecular formula is C24H18FN4+. The van der Waals surface area contributed by atoms with E-state index in [-0.39, 0.29) is 5.82 Å². The average molecular weight is 381 g/mol. The van der Waals surface area contributed by atoms with Crippen molar-refractivity contribution in [1.29, 1.82) is 0 Å². The topological polar surface area (TPSA) is 38.1 Å². The summed E-state index contributed by atoms with van der Waals surface area (Å²) in [6.07, 6.45) is 15.5. The lowest BCUT2D eigenvalue weighted by molar-refractivity contribution is 0.619. The molecule has 2 aromatic heterocycles. The maximum absolute atomic E-state index is 13.8. The van der Waals surface area contributed by atoms with E-state index in [1.165, 1.54) is 6.07 Å². The summed E-state index contributed by atoms with van der Waals surface area (Å²) < 4.78 is 14.2. The number of amidine groups is 1. The van der Waals surface area contributed by atoms with Crippen LogP contribution in [-0.4, -0.2) is 15.8 Å². The molecule has 4 heterocycles. The lowest BCUT2D eigenvalue weighted by Crippen LogP contribution is -2.42. The fourth-order valence-corrected chi connectivity index (χ4v) is 3.79. The highest BCUT2D eigenvalue weighted by Gasteiger charge is 2.38. The molecule has 2 aliphatic rings. The van der Waals surface area contributed by atoms with E-state index >= 15 is 0 Å². The first-order valence-electron chi connectivity index (χ1n) is 9.35. The van der Waals surface area contributed by atoms with E-state index < -0.39 is 0 Å². The number of allylic oxidation sites excluding steroid dienone is 2. The molecule has 1 unspecified atom stereocenters. The van der Waals surface area contributed by atoms with Gasteiger partial charge in [0, 0.05) is 53.5 Å². The number of hydrogen-bond acceptors (Lipinski definition) is 3. The molecule has 0 radical (unpaired) electrons. The van der Waals surface area contributed by atoms with Gasteiger partial charge in [-0.1, -0.05) is 6.07 Å². The maximum atomic E-state index is 13.8. The monoisotopic (exact) mass is 381 g/mol. The largest absolute Gasteiger partial charge is 0.264 e. The van der Waals surface area contributed by atoms with Crippen LogP contribution < -0.4 is 4.48 Å².